The number of carbonyl (C=O) groups excluding carboxylic acids is 1. The molecule has 0 bridgehead atoms. The van der Waals surface area contributed by atoms with Crippen LogP contribution in [0.1, 0.15) is 54.8 Å². The Kier molecular flexibility index (Phi) is 5.73. The summed E-state index contributed by atoms with van der Waals surface area (Å²) in [6, 6.07) is 3.54. The zero-order chi connectivity index (χ0) is 16.1. The maximum absolute atomic E-state index is 12.6. The number of hydrogen-bond donors (Lipinski definition) is 0. The van der Waals surface area contributed by atoms with E-state index >= 15 is 0 Å². The van der Waals surface area contributed by atoms with Crippen LogP contribution in [0, 0.1) is 5.92 Å². The van der Waals surface area contributed by atoms with Crippen LogP contribution >= 0.6 is 0 Å². The van der Waals surface area contributed by atoms with E-state index in [4.69, 9.17) is 13.9 Å². The minimum Gasteiger partial charge on any atom is -0.453 e. The standard InChI is InChI=1S/C18H27NO4/c1-21-13-15-7-8-17(23-15)18(20)19-9-10-22-16(12-19)11-14-5-3-2-4-6-14/h7-8,14,16H,2-6,9-13H2,1H3. The summed E-state index contributed by atoms with van der Waals surface area (Å²) in [5.41, 5.74) is 0. The summed E-state index contributed by atoms with van der Waals surface area (Å²) in [6.45, 7) is 2.32. The van der Waals surface area contributed by atoms with Gasteiger partial charge in [0.1, 0.15) is 12.4 Å². The van der Waals surface area contributed by atoms with Gasteiger partial charge in [0.15, 0.2) is 5.76 Å². The summed E-state index contributed by atoms with van der Waals surface area (Å²) in [6.07, 6.45) is 7.93. The summed E-state index contributed by atoms with van der Waals surface area (Å²) in [5, 5.41) is 0. The summed E-state index contributed by atoms with van der Waals surface area (Å²) in [4.78, 5) is 14.5. The van der Waals surface area contributed by atoms with Crippen molar-refractivity contribution in [3.05, 3.63) is 23.7 Å². The van der Waals surface area contributed by atoms with E-state index < -0.39 is 0 Å². The van der Waals surface area contributed by atoms with Gasteiger partial charge in [-0.1, -0.05) is 32.1 Å². The molecule has 1 aliphatic heterocycles. The molecule has 2 heterocycles. The summed E-state index contributed by atoms with van der Waals surface area (Å²) < 4.78 is 16.5. The van der Waals surface area contributed by atoms with E-state index in [2.05, 4.69) is 0 Å². The van der Waals surface area contributed by atoms with E-state index in [0.717, 1.165) is 12.3 Å². The number of ether oxygens (including phenoxy) is 2. The first-order valence-corrected chi connectivity index (χ1v) is 8.75. The van der Waals surface area contributed by atoms with Gasteiger partial charge in [-0.2, -0.15) is 0 Å². The third-order valence-electron chi connectivity index (χ3n) is 4.91. The highest BCUT2D eigenvalue weighted by molar-refractivity contribution is 5.91. The van der Waals surface area contributed by atoms with E-state index in [1.807, 2.05) is 4.90 Å². The molecule has 2 fully saturated rings. The van der Waals surface area contributed by atoms with Gasteiger partial charge in [0, 0.05) is 20.2 Å². The number of furan rings is 1. The van der Waals surface area contributed by atoms with E-state index in [1.54, 1.807) is 19.2 Å². The van der Waals surface area contributed by atoms with E-state index in [9.17, 15) is 4.79 Å². The molecular formula is C18H27NO4. The molecule has 1 amide bonds. The third kappa shape index (κ3) is 4.36. The maximum Gasteiger partial charge on any atom is 0.289 e. The molecule has 1 saturated heterocycles. The number of carbonyl (C=O) groups is 1. The number of methoxy groups -OCH3 is 1. The Morgan fingerprint density at radius 3 is 2.91 bits per heavy atom. The number of morpholine rings is 1. The lowest BCUT2D eigenvalue weighted by atomic mass is 9.85. The summed E-state index contributed by atoms with van der Waals surface area (Å²) >= 11 is 0. The second-order valence-corrected chi connectivity index (χ2v) is 6.68. The van der Waals surface area contributed by atoms with Crippen LogP contribution in [0.25, 0.3) is 0 Å². The largest absolute Gasteiger partial charge is 0.453 e. The SMILES string of the molecule is COCc1ccc(C(=O)N2CCOC(CC3CCCCC3)C2)o1. The monoisotopic (exact) mass is 321 g/mol. The van der Waals surface area contributed by atoms with E-state index in [-0.39, 0.29) is 12.0 Å². The zero-order valence-electron chi connectivity index (χ0n) is 14.0. The van der Waals surface area contributed by atoms with Crippen LogP contribution in [0.3, 0.4) is 0 Å². The van der Waals surface area contributed by atoms with Crippen LogP contribution in [-0.4, -0.2) is 43.7 Å². The molecule has 3 rings (SSSR count). The van der Waals surface area contributed by atoms with E-state index in [0.29, 0.717) is 37.8 Å². The van der Waals surface area contributed by atoms with Crippen molar-refractivity contribution in [3.63, 3.8) is 0 Å². The molecule has 5 heteroatoms. The minimum absolute atomic E-state index is 0.0377. The minimum atomic E-state index is -0.0377. The fourth-order valence-electron chi connectivity index (χ4n) is 3.71. The molecule has 0 spiro atoms. The molecule has 2 aliphatic rings. The van der Waals surface area contributed by atoms with Crippen LogP contribution < -0.4 is 0 Å². The predicted octanol–water partition coefficient (Wildman–Crippen LogP) is 3.24. The highest BCUT2D eigenvalue weighted by Gasteiger charge is 2.29. The molecule has 128 valence electrons. The fourth-order valence-corrected chi connectivity index (χ4v) is 3.71. The second-order valence-electron chi connectivity index (χ2n) is 6.68. The average molecular weight is 321 g/mol. The van der Waals surface area contributed by atoms with Crippen molar-refractivity contribution in [3.8, 4) is 0 Å². The average Bonchev–Trinajstić information content (AvgIpc) is 3.04. The Labute approximate surface area is 137 Å². The van der Waals surface area contributed by atoms with Crippen LogP contribution in [0.2, 0.25) is 0 Å². The number of nitrogens with zero attached hydrogens (tertiary/aromatic N) is 1. The topological polar surface area (TPSA) is 51.9 Å². The Balaban J connectivity index is 1.55. The van der Waals surface area contributed by atoms with Gasteiger partial charge >= 0.3 is 0 Å². The first-order valence-electron chi connectivity index (χ1n) is 8.75. The van der Waals surface area contributed by atoms with E-state index in [1.165, 1.54) is 32.1 Å². The van der Waals surface area contributed by atoms with Gasteiger partial charge in [0.25, 0.3) is 5.91 Å². The maximum atomic E-state index is 12.6. The van der Waals surface area contributed by atoms with Crippen molar-refractivity contribution < 1.29 is 18.7 Å². The van der Waals surface area contributed by atoms with Gasteiger partial charge in [-0.15, -0.1) is 0 Å². The number of amides is 1. The van der Waals surface area contributed by atoms with Gasteiger partial charge in [0.2, 0.25) is 0 Å². The normalized spacial score (nSPS) is 23.2. The lowest BCUT2D eigenvalue weighted by molar-refractivity contribution is -0.0345. The molecule has 1 unspecified atom stereocenters. The van der Waals surface area contributed by atoms with Crippen LogP contribution in [0.4, 0.5) is 0 Å². The lowest BCUT2D eigenvalue weighted by Gasteiger charge is -2.35. The Bertz CT molecular complexity index is 507. The lowest BCUT2D eigenvalue weighted by Crippen LogP contribution is -2.46. The molecule has 0 aromatic carbocycles. The highest BCUT2D eigenvalue weighted by Crippen LogP contribution is 2.29. The molecule has 5 nitrogen and oxygen atoms in total. The summed E-state index contributed by atoms with van der Waals surface area (Å²) in [5.74, 6) is 1.81. The first-order chi connectivity index (χ1) is 11.3. The first kappa shape index (κ1) is 16.5. The number of hydrogen-bond acceptors (Lipinski definition) is 4. The highest BCUT2D eigenvalue weighted by atomic mass is 16.5. The second kappa shape index (κ2) is 7.97. The molecule has 1 aromatic rings. The van der Waals surface area contributed by atoms with Crippen molar-refractivity contribution in [2.24, 2.45) is 5.92 Å². The Morgan fingerprint density at radius 2 is 2.13 bits per heavy atom. The molecular weight excluding hydrogens is 294 g/mol. The molecule has 23 heavy (non-hydrogen) atoms. The van der Waals surface area contributed by atoms with Crippen molar-refractivity contribution >= 4 is 5.91 Å². The Morgan fingerprint density at radius 1 is 1.30 bits per heavy atom. The van der Waals surface area contributed by atoms with Crippen molar-refractivity contribution in [2.45, 2.75) is 51.2 Å². The van der Waals surface area contributed by atoms with Gasteiger partial charge in [-0.3, -0.25) is 4.79 Å². The predicted molar refractivity (Wildman–Crippen MR) is 86.3 cm³/mol. The quantitative estimate of drug-likeness (QED) is 0.835. The van der Waals surface area contributed by atoms with Gasteiger partial charge in [0.05, 0.1) is 12.7 Å². The number of rotatable bonds is 5. The zero-order valence-corrected chi connectivity index (χ0v) is 14.0. The molecule has 0 radical (unpaired) electrons. The van der Waals surface area contributed by atoms with Gasteiger partial charge in [-0.05, 0) is 24.5 Å². The van der Waals surface area contributed by atoms with Crippen LogP contribution in [0.15, 0.2) is 16.5 Å². The molecule has 1 aliphatic carbocycles. The van der Waals surface area contributed by atoms with Crippen LogP contribution in [-0.2, 0) is 16.1 Å². The van der Waals surface area contributed by atoms with Gasteiger partial charge in [-0.25, -0.2) is 0 Å². The van der Waals surface area contributed by atoms with Crippen molar-refractivity contribution in [2.75, 3.05) is 26.8 Å². The molecule has 0 N–H and O–H groups in total. The molecule has 1 atom stereocenters. The summed E-state index contributed by atoms with van der Waals surface area (Å²) in [7, 11) is 1.61. The van der Waals surface area contributed by atoms with Crippen molar-refractivity contribution in [1.82, 2.24) is 4.90 Å². The van der Waals surface area contributed by atoms with Gasteiger partial charge < -0.3 is 18.8 Å². The fraction of sp³-hybridized carbons (Fsp3) is 0.722. The van der Waals surface area contributed by atoms with Crippen molar-refractivity contribution in [1.29, 1.82) is 0 Å². The van der Waals surface area contributed by atoms with Crippen LogP contribution in [0.5, 0.6) is 0 Å². The third-order valence-corrected chi connectivity index (χ3v) is 4.91. The molecule has 1 aromatic heterocycles. The molecule has 1 saturated carbocycles. The smallest absolute Gasteiger partial charge is 0.289 e. The Hall–Kier alpha value is -1.33.